The molecule has 4 amide bonds. The van der Waals surface area contributed by atoms with Crippen LogP contribution in [0.5, 0.6) is 0 Å². The zero-order chi connectivity index (χ0) is 21.7. The number of rotatable bonds is 8. The molecule has 1 heterocycles. The molecule has 0 spiro atoms. The highest BCUT2D eigenvalue weighted by molar-refractivity contribution is 6.09. The molecule has 2 aromatic rings. The van der Waals surface area contributed by atoms with Crippen molar-refractivity contribution in [2.24, 2.45) is 0 Å². The number of nitrogens with one attached hydrogen (secondary N) is 2. The molecule has 2 atom stereocenters. The van der Waals surface area contributed by atoms with Crippen LogP contribution in [0.4, 0.5) is 9.18 Å². The van der Waals surface area contributed by atoms with Crippen LogP contribution in [0.1, 0.15) is 50.3 Å². The van der Waals surface area contributed by atoms with E-state index >= 15 is 0 Å². The monoisotopic (exact) mass is 411 g/mol. The molecular weight excluding hydrogens is 385 g/mol. The topological polar surface area (TPSA) is 78.5 Å². The van der Waals surface area contributed by atoms with Crippen molar-refractivity contribution in [3.05, 3.63) is 71.5 Å². The van der Waals surface area contributed by atoms with Gasteiger partial charge in [-0.05, 0) is 36.1 Å². The number of carbonyl (C=O) groups is 3. The Balaban J connectivity index is 1.76. The highest BCUT2D eigenvalue weighted by Gasteiger charge is 2.51. The first-order valence-corrected chi connectivity index (χ1v) is 10.2. The van der Waals surface area contributed by atoms with Gasteiger partial charge in [0.15, 0.2) is 0 Å². The number of halogens is 1. The summed E-state index contributed by atoms with van der Waals surface area (Å²) in [5, 5.41) is 5.64. The number of urea groups is 1. The molecule has 1 aliphatic heterocycles. The Morgan fingerprint density at radius 3 is 2.37 bits per heavy atom. The van der Waals surface area contributed by atoms with Crippen LogP contribution < -0.4 is 10.6 Å². The number of hydrogen-bond donors (Lipinski definition) is 2. The Kier molecular flexibility index (Phi) is 6.50. The second kappa shape index (κ2) is 9.07. The van der Waals surface area contributed by atoms with Gasteiger partial charge in [-0.3, -0.25) is 14.5 Å². The van der Waals surface area contributed by atoms with E-state index in [1.165, 1.54) is 24.3 Å². The maximum absolute atomic E-state index is 13.3. The average Bonchev–Trinajstić information content (AvgIpc) is 2.99. The minimum atomic E-state index is -1.30. The molecule has 1 saturated heterocycles. The Morgan fingerprint density at radius 1 is 1.10 bits per heavy atom. The number of hydrogen-bond acceptors (Lipinski definition) is 3. The normalized spacial score (nSPS) is 19.5. The van der Waals surface area contributed by atoms with E-state index in [0.717, 1.165) is 23.3 Å². The number of benzene rings is 2. The number of imide groups is 1. The van der Waals surface area contributed by atoms with Crippen LogP contribution in [0.2, 0.25) is 0 Å². The van der Waals surface area contributed by atoms with Crippen molar-refractivity contribution in [3.8, 4) is 0 Å². The van der Waals surface area contributed by atoms with Crippen LogP contribution in [0.15, 0.2) is 54.6 Å². The fraction of sp³-hybridized carbons (Fsp3) is 0.348. The van der Waals surface area contributed by atoms with Gasteiger partial charge in [-0.2, -0.15) is 0 Å². The van der Waals surface area contributed by atoms with Crippen LogP contribution >= 0.6 is 0 Å². The molecule has 6 nitrogen and oxygen atoms in total. The predicted molar refractivity (Wildman–Crippen MR) is 111 cm³/mol. The lowest BCUT2D eigenvalue weighted by molar-refractivity contribution is -0.135. The second-order valence-corrected chi connectivity index (χ2v) is 7.41. The van der Waals surface area contributed by atoms with E-state index in [2.05, 4.69) is 10.6 Å². The molecule has 2 aromatic carbocycles. The summed E-state index contributed by atoms with van der Waals surface area (Å²) in [6, 6.07) is 14.2. The van der Waals surface area contributed by atoms with Crippen molar-refractivity contribution in [1.29, 1.82) is 0 Å². The molecule has 7 heteroatoms. The summed E-state index contributed by atoms with van der Waals surface area (Å²) in [6.45, 7) is 3.41. The molecule has 158 valence electrons. The lowest BCUT2D eigenvalue weighted by atomic mass is 9.87. The summed E-state index contributed by atoms with van der Waals surface area (Å²) in [7, 11) is 0. The quantitative estimate of drug-likeness (QED) is 0.651. The van der Waals surface area contributed by atoms with Gasteiger partial charge in [0.1, 0.15) is 17.9 Å². The molecule has 0 aromatic heterocycles. The smallest absolute Gasteiger partial charge is 0.325 e. The van der Waals surface area contributed by atoms with Gasteiger partial charge in [0.05, 0.1) is 6.04 Å². The van der Waals surface area contributed by atoms with E-state index in [-0.39, 0.29) is 19.0 Å². The molecule has 1 fully saturated rings. The maximum atomic E-state index is 13.3. The van der Waals surface area contributed by atoms with Gasteiger partial charge in [0.2, 0.25) is 5.91 Å². The molecule has 2 unspecified atom stereocenters. The molecule has 0 saturated carbocycles. The predicted octanol–water partition coefficient (Wildman–Crippen LogP) is 3.64. The van der Waals surface area contributed by atoms with Gasteiger partial charge >= 0.3 is 6.03 Å². The maximum Gasteiger partial charge on any atom is 0.325 e. The first kappa shape index (κ1) is 21.5. The van der Waals surface area contributed by atoms with Crippen molar-refractivity contribution < 1.29 is 18.8 Å². The van der Waals surface area contributed by atoms with Gasteiger partial charge in [-0.1, -0.05) is 62.7 Å². The zero-order valence-electron chi connectivity index (χ0n) is 17.2. The van der Waals surface area contributed by atoms with Gasteiger partial charge < -0.3 is 10.6 Å². The minimum absolute atomic E-state index is 0.197. The molecule has 1 aliphatic rings. The third-order valence-corrected chi connectivity index (χ3v) is 5.46. The molecular formula is C23H26FN3O3. The Bertz CT molecular complexity index is 917. The first-order chi connectivity index (χ1) is 14.4. The first-order valence-electron chi connectivity index (χ1n) is 10.2. The van der Waals surface area contributed by atoms with Crippen molar-refractivity contribution in [2.75, 3.05) is 6.54 Å². The highest BCUT2D eigenvalue weighted by Crippen LogP contribution is 2.32. The van der Waals surface area contributed by atoms with Gasteiger partial charge in [0, 0.05) is 0 Å². The zero-order valence-corrected chi connectivity index (χ0v) is 17.2. The van der Waals surface area contributed by atoms with E-state index in [0.29, 0.717) is 5.56 Å². The lowest BCUT2D eigenvalue weighted by Crippen LogP contribution is -2.45. The lowest BCUT2D eigenvalue weighted by Gasteiger charge is -2.26. The van der Waals surface area contributed by atoms with Crippen molar-refractivity contribution in [2.45, 2.75) is 44.7 Å². The summed E-state index contributed by atoms with van der Waals surface area (Å²) in [5.41, 5.74) is 0.160. The largest absolute Gasteiger partial charge is 0.348 e. The Labute approximate surface area is 175 Å². The molecule has 0 aliphatic carbocycles. The molecule has 3 rings (SSSR count). The van der Waals surface area contributed by atoms with E-state index in [9.17, 15) is 18.8 Å². The van der Waals surface area contributed by atoms with E-state index in [1.54, 1.807) is 6.92 Å². The molecule has 2 N–H and O–H groups in total. The van der Waals surface area contributed by atoms with Crippen molar-refractivity contribution in [1.82, 2.24) is 15.5 Å². The van der Waals surface area contributed by atoms with Crippen molar-refractivity contribution >= 4 is 17.8 Å². The molecule has 0 radical (unpaired) electrons. The fourth-order valence-electron chi connectivity index (χ4n) is 3.82. The summed E-state index contributed by atoms with van der Waals surface area (Å²) in [5.74, 6) is -1.35. The SMILES string of the molecule is CCCC(NC(=O)CN1C(=O)NC(CC)(c2ccc(F)cc2)C1=O)c1ccccc1. The Morgan fingerprint density at radius 2 is 1.77 bits per heavy atom. The number of nitrogens with zero attached hydrogens (tertiary/aromatic N) is 1. The average molecular weight is 411 g/mol. The standard InChI is InChI=1S/C23H26FN3O3/c1-3-8-19(16-9-6-5-7-10-16)25-20(28)15-27-21(29)23(4-2,26-22(27)30)17-11-13-18(24)14-12-17/h5-7,9-14,19H,3-4,8,15H2,1-2H3,(H,25,28)(H,26,30). The van der Waals surface area contributed by atoms with E-state index in [1.807, 2.05) is 37.3 Å². The molecule has 0 bridgehead atoms. The van der Waals surface area contributed by atoms with Gasteiger partial charge in [0.25, 0.3) is 5.91 Å². The third-order valence-electron chi connectivity index (χ3n) is 5.46. The second-order valence-electron chi connectivity index (χ2n) is 7.41. The number of carbonyl (C=O) groups excluding carboxylic acids is 3. The summed E-state index contributed by atoms with van der Waals surface area (Å²) in [6.07, 6.45) is 1.89. The van der Waals surface area contributed by atoms with Crippen LogP contribution in [0.3, 0.4) is 0 Å². The third kappa shape index (κ3) is 4.20. The Hall–Kier alpha value is -3.22. The van der Waals surface area contributed by atoms with E-state index in [4.69, 9.17) is 0 Å². The van der Waals surface area contributed by atoms with Gasteiger partial charge in [-0.15, -0.1) is 0 Å². The van der Waals surface area contributed by atoms with Crippen LogP contribution in [0, 0.1) is 5.82 Å². The van der Waals surface area contributed by atoms with E-state index < -0.39 is 29.2 Å². The molecule has 30 heavy (non-hydrogen) atoms. The fourth-order valence-corrected chi connectivity index (χ4v) is 3.82. The highest BCUT2D eigenvalue weighted by atomic mass is 19.1. The van der Waals surface area contributed by atoms with Crippen LogP contribution in [-0.4, -0.2) is 29.3 Å². The summed E-state index contributed by atoms with van der Waals surface area (Å²) in [4.78, 5) is 39.3. The van der Waals surface area contributed by atoms with Crippen LogP contribution in [0.25, 0.3) is 0 Å². The number of amides is 4. The van der Waals surface area contributed by atoms with Crippen LogP contribution in [-0.2, 0) is 15.1 Å². The van der Waals surface area contributed by atoms with Crippen molar-refractivity contribution in [3.63, 3.8) is 0 Å². The summed E-state index contributed by atoms with van der Waals surface area (Å²) < 4.78 is 13.3. The summed E-state index contributed by atoms with van der Waals surface area (Å²) >= 11 is 0. The minimum Gasteiger partial charge on any atom is -0.348 e. The van der Waals surface area contributed by atoms with Gasteiger partial charge in [-0.25, -0.2) is 9.18 Å².